The summed E-state index contributed by atoms with van der Waals surface area (Å²) in [5.41, 5.74) is 0. The maximum absolute atomic E-state index is 5.01. The Morgan fingerprint density at radius 1 is 1.33 bits per heavy atom. The first-order valence-corrected chi connectivity index (χ1v) is 8.36. The fourth-order valence-electron chi connectivity index (χ4n) is 3.57. The maximum atomic E-state index is 5.01. The van der Waals surface area contributed by atoms with Crippen molar-refractivity contribution < 1.29 is 0 Å². The summed E-state index contributed by atoms with van der Waals surface area (Å²) < 4.78 is 0. The molecule has 2 heterocycles. The summed E-state index contributed by atoms with van der Waals surface area (Å²) >= 11 is 1.96. The minimum absolute atomic E-state index is 0.536. The van der Waals surface area contributed by atoms with Gasteiger partial charge in [0.1, 0.15) is 0 Å². The lowest BCUT2D eigenvalue weighted by atomic mass is 9.95. The Hall–Kier alpha value is -0.220. The maximum Gasteiger partial charge on any atom is 0.157 e. The second kappa shape index (κ2) is 5.41. The van der Waals surface area contributed by atoms with Crippen LogP contribution in [0.2, 0.25) is 0 Å². The van der Waals surface area contributed by atoms with Crippen LogP contribution in [0.1, 0.15) is 32.6 Å². The number of nitrogens with zero attached hydrogens (tertiary/aromatic N) is 2. The number of nitrogens with one attached hydrogen (secondary N) is 1. The lowest BCUT2D eigenvalue weighted by Gasteiger charge is -2.34. The third kappa shape index (κ3) is 2.69. The van der Waals surface area contributed by atoms with E-state index in [1.54, 1.807) is 0 Å². The summed E-state index contributed by atoms with van der Waals surface area (Å²) in [4.78, 5) is 7.44. The van der Waals surface area contributed by atoms with E-state index >= 15 is 0 Å². The number of fused-ring (bicyclic) bond motifs is 1. The van der Waals surface area contributed by atoms with Gasteiger partial charge < -0.3 is 10.2 Å². The molecule has 2 aliphatic heterocycles. The van der Waals surface area contributed by atoms with E-state index in [0.717, 1.165) is 12.0 Å². The highest BCUT2D eigenvalue weighted by Gasteiger charge is 2.33. The van der Waals surface area contributed by atoms with Gasteiger partial charge in [0.2, 0.25) is 0 Å². The second-order valence-electron chi connectivity index (χ2n) is 6.28. The van der Waals surface area contributed by atoms with Gasteiger partial charge in [-0.15, -0.1) is 0 Å². The Bertz CT molecular complexity index is 331. The molecule has 0 aromatic carbocycles. The van der Waals surface area contributed by atoms with E-state index in [1.165, 1.54) is 49.7 Å². The van der Waals surface area contributed by atoms with E-state index in [2.05, 4.69) is 24.2 Å². The van der Waals surface area contributed by atoms with Crippen LogP contribution in [0, 0.1) is 11.8 Å². The molecule has 0 radical (unpaired) electrons. The van der Waals surface area contributed by atoms with Gasteiger partial charge in [-0.3, -0.25) is 4.99 Å². The molecular formula is C14H25N3S. The molecule has 4 heteroatoms. The van der Waals surface area contributed by atoms with Crippen LogP contribution >= 0.6 is 11.8 Å². The third-order valence-electron chi connectivity index (χ3n) is 4.75. The summed E-state index contributed by atoms with van der Waals surface area (Å²) in [5.74, 6) is 2.89. The molecule has 0 aromatic rings. The average Bonchev–Trinajstić information content (AvgIpc) is 2.80. The van der Waals surface area contributed by atoms with Gasteiger partial charge in [-0.1, -0.05) is 25.1 Å². The van der Waals surface area contributed by atoms with Crippen LogP contribution in [-0.4, -0.2) is 48.0 Å². The molecule has 1 aliphatic carbocycles. The lowest BCUT2D eigenvalue weighted by molar-refractivity contribution is 0.198. The normalized spacial score (nSPS) is 43.8. The molecule has 3 aliphatic rings. The minimum Gasteiger partial charge on any atom is -0.362 e. The summed E-state index contributed by atoms with van der Waals surface area (Å²) in [6.45, 7) is 4.73. The van der Waals surface area contributed by atoms with E-state index in [4.69, 9.17) is 4.99 Å². The Labute approximate surface area is 115 Å². The van der Waals surface area contributed by atoms with Crippen LogP contribution in [0.3, 0.4) is 0 Å². The van der Waals surface area contributed by atoms with Crippen molar-refractivity contribution >= 4 is 16.9 Å². The summed E-state index contributed by atoms with van der Waals surface area (Å²) in [6.07, 6.45) is 5.40. The Kier molecular flexibility index (Phi) is 3.85. The number of aliphatic imine (C=N–C) groups is 1. The van der Waals surface area contributed by atoms with Crippen LogP contribution < -0.4 is 5.32 Å². The molecule has 0 bridgehead atoms. The van der Waals surface area contributed by atoms with E-state index in [1.807, 2.05) is 11.8 Å². The number of thioether (sulfide) groups is 1. The largest absolute Gasteiger partial charge is 0.362 e. The van der Waals surface area contributed by atoms with Crippen LogP contribution in [0.5, 0.6) is 0 Å². The van der Waals surface area contributed by atoms with Gasteiger partial charge in [0.05, 0.1) is 6.04 Å². The van der Waals surface area contributed by atoms with E-state index in [0.29, 0.717) is 12.0 Å². The number of amidine groups is 1. The number of piperidine rings is 1. The molecule has 18 heavy (non-hydrogen) atoms. The minimum atomic E-state index is 0.536. The predicted molar refractivity (Wildman–Crippen MR) is 79.2 cm³/mol. The smallest absolute Gasteiger partial charge is 0.157 e. The summed E-state index contributed by atoms with van der Waals surface area (Å²) in [5, 5.41) is 4.93. The van der Waals surface area contributed by atoms with Gasteiger partial charge in [0.25, 0.3) is 0 Å². The van der Waals surface area contributed by atoms with Gasteiger partial charge in [0.15, 0.2) is 5.17 Å². The first-order valence-electron chi connectivity index (χ1n) is 7.38. The quantitative estimate of drug-likeness (QED) is 0.789. The molecule has 1 N–H and O–H groups in total. The predicted octanol–water partition coefficient (Wildman–Crippen LogP) is 2.19. The fourth-order valence-corrected chi connectivity index (χ4v) is 4.79. The monoisotopic (exact) mass is 267 g/mol. The standard InChI is InChI=1S/C14H25N3S/c1-10-8-17(2)7-6-12(10)15-14-16-13-5-3-4-11(13)9-18-14/h10-13H,3-9H2,1-2H3,(H,15,16). The van der Waals surface area contributed by atoms with Crippen molar-refractivity contribution in [1.29, 1.82) is 0 Å². The van der Waals surface area contributed by atoms with Gasteiger partial charge in [-0.2, -0.15) is 0 Å². The number of hydrogen-bond acceptors (Lipinski definition) is 3. The molecule has 4 unspecified atom stereocenters. The van der Waals surface area contributed by atoms with Crippen molar-refractivity contribution in [2.75, 3.05) is 25.9 Å². The highest BCUT2D eigenvalue weighted by atomic mass is 32.2. The van der Waals surface area contributed by atoms with Crippen molar-refractivity contribution in [2.24, 2.45) is 16.8 Å². The first-order chi connectivity index (χ1) is 8.72. The molecule has 102 valence electrons. The molecule has 0 spiro atoms. The van der Waals surface area contributed by atoms with Crippen molar-refractivity contribution in [2.45, 2.75) is 44.7 Å². The highest BCUT2D eigenvalue weighted by molar-refractivity contribution is 8.13. The van der Waals surface area contributed by atoms with Crippen molar-refractivity contribution in [3.63, 3.8) is 0 Å². The number of likely N-dealkylation sites (tertiary alicyclic amines) is 1. The Morgan fingerprint density at radius 3 is 3.06 bits per heavy atom. The summed E-state index contributed by atoms with van der Waals surface area (Å²) in [7, 11) is 2.22. The fraction of sp³-hybridized carbons (Fsp3) is 0.929. The number of rotatable bonds is 1. The highest BCUT2D eigenvalue weighted by Crippen LogP contribution is 2.33. The van der Waals surface area contributed by atoms with Gasteiger partial charge >= 0.3 is 0 Å². The molecule has 1 saturated carbocycles. The van der Waals surface area contributed by atoms with E-state index in [-0.39, 0.29) is 0 Å². The van der Waals surface area contributed by atoms with Gasteiger partial charge in [-0.25, -0.2) is 0 Å². The van der Waals surface area contributed by atoms with Crippen molar-refractivity contribution in [3.8, 4) is 0 Å². The topological polar surface area (TPSA) is 27.6 Å². The molecule has 2 saturated heterocycles. The molecule has 3 fully saturated rings. The zero-order valence-electron chi connectivity index (χ0n) is 11.6. The van der Waals surface area contributed by atoms with Crippen LogP contribution in [-0.2, 0) is 0 Å². The average molecular weight is 267 g/mol. The van der Waals surface area contributed by atoms with E-state index < -0.39 is 0 Å². The molecular weight excluding hydrogens is 242 g/mol. The zero-order valence-corrected chi connectivity index (χ0v) is 12.4. The third-order valence-corrected chi connectivity index (χ3v) is 5.84. The van der Waals surface area contributed by atoms with Gasteiger partial charge in [-0.05, 0) is 44.7 Å². The first kappa shape index (κ1) is 12.8. The van der Waals surface area contributed by atoms with Crippen LogP contribution in [0.15, 0.2) is 4.99 Å². The number of hydrogen-bond donors (Lipinski definition) is 1. The lowest BCUT2D eigenvalue weighted by Crippen LogP contribution is -2.44. The summed E-state index contributed by atoms with van der Waals surface area (Å²) in [6, 6.07) is 1.26. The van der Waals surface area contributed by atoms with E-state index in [9.17, 15) is 0 Å². The second-order valence-corrected chi connectivity index (χ2v) is 7.29. The molecule has 3 nitrogen and oxygen atoms in total. The molecule has 3 rings (SSSR count). The Morgan fingerprint density at radius 2 is 2.22 bits per heavy atom. The van der Waals surface area contributed by atoms with Gasteiger partial charge in [0, 0.05) is 18.3 Å². The Balaban J connectivity index is 1.62. The molecule has 0 aromatic heterocycles. The molecule has 0 amide bonds. The SMILES string of the molecule is CC1CN(C)CCC1N=C1NC2CCCC2CS1. The molecule has 4 atom stereocenters. The van der Waals surface area contributed by atoms with Crippen molar-refractivity contribution in [3.05, 3.63) is 0 Å². The van der Waals surface area contributed by atoms with Crippen molar-refractivity contribution in [1.82, 2.24) is 10.2 Å². The zero-order chi connectivity index (χ0) is 12.5. The van der Waals surface area contributed by atoms with Crippen LogP contribution in [0.4, 0.5) is 0 Å². The van der Waals surface area contributed by atoms with Crippen LogP contribution in [0.25, 0.3) is 0 Å².